The van der Waals surface area contributed by atoms with Crippen LogP contribution in [0.3, 0.4) is 0 Å². The maximum absolute atomic E-state index is 5.22. The van der Waals surface area contributed by atoms with Crippen LogP contribution in [0.4, 0.5) is 0 Å². The Morgan fingerprint density at radius 1 is 1.12 bits per heavy atom. The molecule has 0 saturated carbocycles. The van der Waals surface area contributed by atoms with E-state index in [-0.39, 0.29) is 0 Å². The van der Waals surface area contributed by atoms with Crippen molar-refractivity contribution in [1.82, 2.24) is 9.80 Å². The molecule has 0 aromatic carbocycles. The van der Waals surface area contributed by atoms with Gasteiger partial charge in [0.2, 0.25) is 0 Å². The van der Waals surface area contributed by atoms with E-state index in [1.165, 1.54) is 13.0 Å². The molecule has 1 aliphatic heterocycles. The van der Waals surface area contributed by atoms with Crippen molar-refractivity contribution in [3.8, 4) is 11.8 Å². The summed E-state index contributed by atoms with van der Waals surface area (Å²) in [5.41, 5.74) is 0. The van der Waals surface area contributed by atoms with Crippen molar-refractivity contribution in [2.24, 2.45) is 0 Å². The minimum absolute atomic E-state index is 0.869. The molecular weight excluding hydrogens is 212 g/mol. The van der Waals surface area contributed by atoms with Gasteiger partial charge in [-0.3, -0.25) is 4.90 Å². The van der Waals surface area contributed by atoms with Crippen LogP contribution in [0.1, 0.15) is 26.7 Å². The Balaban J connectivity index is 0.000000366. The molecule has 1 saturated heterocycles. The lowest BCUT2D eigenvalue weighted by Crippen LogP contribution is -2.36. The minimum atomic E-state index is 0.869. The molecule has 0 aliphatic carbocycles. The van der Waals surface area contributed by atoms with E-state index in [2.05, 4.69) is 49.6 Å². The van der Waals surface area contributed by atoms with Gasteiger partial charge in [-0.25, -0.2) is 0 Å². The SMILES string of the molecule is CCC#CCN1CCOCC1.CCCN(C)C. The number of hydrogen-bond donors (Lipinski definition) is 0. The monoisotopic (exact) mass is 240 g/mol. The molecule has 0 aromatic rings. The second-order valence-electron chi connectivity index (χ2n) is 4.40. The highest BCUT2D eigenvalue weighted by Crippen LogP contribution is 1.94. The van der Waals surface area contributed by atoms with Crippen LogP contribution in [0.2, 0.25) is 0 Å². The standard InChI is InChI=1S/C9H15NO.C5H13N/c1-2-3-4-5-10-6-8-11-9-7-10;1-4-5-6(2)3/h2,5-9H2,1H3;4-5H2,1-3H3. The maximum Gasteiger partial charge on any atom is 0.0603 e. The number of ether oxygens (including phenoxy) is 1. The molecule has 0 amide bonds. The van der Waals surface area contributed by atoms with E-state index in [0.29, 0.717) is 0 Å². The molecular formula is C14H28N2O. The van der Waals surface area contributed by atoms with Gasteiger partial charge in [-0.05, 0) is 27.1 Å². The van der Waals surface area contributed by atoms with Crippen LogP contribution < -0.4 is 0 Å². The summed E-state index contributed by atoms with van der Waals surface area (Å²) in [6.45, 7) is 10.2. The van der Waals surface area contributed by atoms with E-state index in [1.54, 1.807) is 0 Å². The molecule has 1 heterocycles. The maximum atomic E-state index is 5.22. The van der Waals surface area contributed by atoms with E-state index in [9.17, 15) is 0 Å². The summed E-state index contributed by atoms with van der Waals surface area (Å²) in [6.07, 6.45) is 2.22. The lowest BCUT2D eigenvalue weighted by Gasteiger charge is -2.24. The van der Waals surface area contributed by atoms with Gasteiger partial charge in [-0.2, -0.15) is 0 Å². The first kappa shape index (κ1) is 16.4. The van der Waals surface area contributed by atoms with Gasteiger partial charge in [0.1, 0.15) is 0 Å². The fourth-order valence-electron chi connectivity index (χ4n) is 1.50. The average molecular weight is 240 g/mol. The van der Waals surface area contributed by atoms with Crippen molar-refractivity contribution in [1.29, 1.82) is 0 Å². The van der Waals surface area contributed by atoms with Gasteiger partial charge in [0.25, 0.3) is 0 Å². The second-order valence-corrected chi connectivity index (χ2v) is 4.40. The van der Waals surface area contributed by atoms with Crippen LogP contribution in [0.15, 0.2) is 0 Å². The van der Waals surface area contributed by atoms with Crippen LogP contribution in [0.5, 0.6) is 0 Å². The van der Waals surface area contributed by atoms with E-state index in [4.69, 9.17) is 4.74 Å². The molecule has 1 aliphatic rings. The molecule has 0 atom stereocenters. The van der Waals surface area contributed by atoms with Crippen molar-refractivity contribution >= 4 is 0 Å². The largest absolute Gasteiger partial charge is 0.379 e. The number of rotatable bonds is 3. The highest BCUT2D eigenvalue weighted by Gasteiger charge is 2.07. The molecule has 0 N–H and O–H groups in total. The van der Waals surface area contributed by atoms with Crippen molar-refractivity contribution in [2.75, 3.05) is 53.5 Å². The van der Waals surface area contributed by atoms with E-state index in [1.807, 2.05) is 0 Å². The minimum Gasteiger partial charge on any atom is -0.379 e. The molecule has 3 heteroatoms. The summed E-state index contributed by atoms with van der Waals surface area (Å²) in [7, 11) is 4.17. The lowest BCUT2D eigenvalue weighted by molar-refractivity contribution is 0.0443. The lowest BCUT2D eigenvalue weighted by atomic mass is 10.4. The van der Waals surface area contributed by atoms with E-state index in [0.717, 1.165) is 39.3 Å². The Morgan fingerprint density at radius 2 is 1.76 bits per heavy atom. The predicted molar refractivity (Wildman–Crippen MR) is 74.2 cm³/mol. The molecule has 0 unspecified atom stereocenters. The quantitative estimate of drug-likeness (QED) is 0.698. The third kappa shape index (κ3) is 11.7. The van der Waals surface area contributed by atoms with E-state index < -0.39 is 0 Å². The first-order chi connectivity index (χ1) is 8.20. The van der Waals surface area contributed by atoms with Crippen LogP contribution in [-0.2, 0) is 4.74 Å². The fraction of sp³-hybridized carbons (Fsp3) is 0.857. The van der Waals surface area contributed by atoms with Crippen molar-refractivity contribution < 1.29 is 4.74 Å². The van der Waals surface area contributed by atoms with Gasteiger partial charge >= 0.3 is 0 Å². The predicted octanol–water partition coefficient (Wildman–Crippen LogP) is 1.69. The van der Waals surface area contributed by atoms with Crippen LogP contribution in [0, 0.1) is 11.8 Å². The summed E-state index contributed by atoms with van der Waals surface area (Å²) < 4.78 is 5.22. The highest BCUT2D eigenvalue weighted by molar-refractivity contribution is 5.00. The summed E-state index contributed by atoms with van der Waals surface area (Å²) in [4.78, 5) is 4.51. The van der Waals surface area contributed by atoms with Gasteiger partial charge in [0, 0.05) is 19.5 Å². The molecule has 3 nitrogen and oxygen atoms in total. The average Bonchev–Trinajstić information content (AvgIpc) is 2.31. The fourth-order valence-corrected chi connectivity index (χ4v) is 1.50. The van der Waals surface area contributed by atoms with Crippen LogP contribution in [0.25, 0.3) is 0 Å². The van der Waals surface area contributed by atoms with Gasteiger partial charge in [-0.1, -0.05) is 19.8 Å². The zero-order valence-electron chi connectivity index (χ0n) is 12.0. The number of nitrogens with zero attached hydrogens (tertiary/aromatic N) is 2. The van der Waals surface area contributed by atoms with Crippen molar-refractivity contribution in [2.45, 2.75) is 26.7 Å². The third-order valence-corrected chi connectivity index (χ3v) is 2.38. The summed E-state index contributed by atoms with van der Waals surface area (Å²) in [5.74, 6) is 6.19. The molecule has 17 heavy (non-hydrogen) atoms. The molecule has 100 valence electrons. The summed E-state index contributed by atoms with van der Waals surface area (Å²) in [5, 5.41) is 0. The smallest absolute Gasteiger partial charge is 0.0603 e. The Labute approximate surface area is 107 Å². The highest BCUT2D eigenvalue weighted by atomic mass is 16.5. The Bertz CT molecular complexity index is 212. The van der Waals surface area contributed by atoms with E-state index >= 15 is 0 Å². The molecule has 0 spiro atoms. The van der Waals surface area contributed by atoms with Crippen LogP contribution in [-0.4, -0.2) is 63.3 Å². The summed E-state index contributed by atoms with van der Waals surface area (Å²) >= 11 is 0. The topological polar surface area (TPSA) is 15.7 Å². The Morgan fingerprint density at radius 3 is 2.18 bits per heavy atom. The Hall–Kier alpha value is -0.560. The van der Waals surface area contributed by atoms with Gasteiger partial charge in [-0.15, -0.1) is 5.92 Å². The summed E-state index contributed by atoms with van der Waals surface area (Å²) in [6, 6.07) is 0. The van der Waals surface area contributed by atoms with Gasteiger partial charge in [0.05, 0.1) is 19.8 Å². The zero-order valence-corrected chi connectivity index (χ0v) is 12.0. The normalized spacial score (nSPS) is 15.8. The molecule has 0 radical (unpaired) electrons. The van der Waals surface area contributed by atoms with Crippen molar-refractivity contribution in [3.63, 3.8) is 0 Å². The third-order valence-electron chi connectivity index (χ3n) is 2.38. The van der Waals surface area contributed by atoms with Gasteiger partial charge < -0.3 is 9.64 Å². The first-order valence-electron chi connectivity index (χ1n) is 6.61. The molecule has 0 bridgehead atoms. The zero-order chi connectivity index (χ0) is 12.9. The van der Waals surface area contributed by atoms with Gasteiger partial charge in [0.15, 0.2) is 0 Å². The molecule has 0 aromatic heterocycles. The second kappa shape index (κ2) is 11.9. The van der Waals surface area contributed by atoms with Crippen molar-refractivity contribution in [3.05, 3.63) is 0 Å². The number of hydrogen-bond acceptors (Lipinski definition) is 3. The first-order valence-corrected chi connectivity index (χ1v) is 6.61. The number of morpholine rings is 1. The Kier molecular flexibility index (Phi) is 11.5. The van der Waals surface area contributed by atoms with Crippen LogP contribution >= 0.6 is 0 Å². The molecule has 1 rings (SSSR count). The molecule has 1 fully saturated rings.